The van der Waals surface area contributed by atoms with Crippen LogP contribution in [-0.2, 0) is 4.79 Å². The third kappa shape index (κ3) is 3.62. The third-order valence-electron chi connectivity index (χ3n) is 2.63. The van der Waals surface area contributed by atoms with Gasteiger partial charge in [0.1, 0.15) is 6.54 Å². The number of anilines is 1. The summed E-state index contributed by atoms with van der Waals surface area (Å²) in [5.74, 6) is -4.98. The van der Waals surface area contributed by atoms with Gasteiger partial charge in [0.05, 0.1) is 5.69 Å². The van der Waals surface area contributed by atoms with Gasteiger partial charge in [0, 0.05) is 6.04 Å². The molecule has 1 fully saturated rings. The fraction of sp³-hybridized carbons (Fsp3) is 0.333. The Labute approximate surface area is 113 Å². The maximum absolute atomic E-state index is 13.3. The molecule has 108 valence electrons. The highest BCUT2D eigenvalue weighted by Gasteiger charge is 2.21. The van der Waals surface area contributed by atoms with Crippen LogP contribution in [0.5, 0.6) is 0 Å². The summed E-state index contributed by atoms with van der Waals surface area (Å²) < 4.78 is 39.0. The first-order valence-corrected chi connectivity index (χ1v) is 5.97. The van der Waals surface area contributed by atoms with Crippen LogP contribution in [-0.4, -0.2) is 24.5 Å². The van der Waals surface area contributed by atoms with Gasteiger partial charge in [0.2, 0.25) is 5.91 Å². The zero-order valence-corrected chi connectivity index (χ0v) is 10.4. The molecule has 1 aliphatic rings. The van der Waals surface area contributed by atoms with Crippen LogP contribution in [0.2, 0.25) is 0 Å². The molecule has 0 aromatic heterocycles. The smallest absolute Gasteiger partial charge is 0.246 e. The number of nitrogens with zero attached hydrogens (tertiary/aromatic N) is 1. The lowest BCUT2D eigenvalue weighted by Gasteiger charge is -2.06. The molecule has 2 rings (SSSR count). The Morgan fingerprint density at radius 1 is 1.30 bits per heavy atom. The molecular weight excluding hydrogens is 273 g/mol. The minimum atomic E-state index is -1.64. The SMILES string of the molecule is NC(=NCC(=O)Nc1ccc(F)c(F)c1F)NC1CC1. The van der Waals surface area contributed by atoms with Gasteiger partial charge in [0.25, 0.3) is 0 Å². The molecule has 1 aliphatic carbocycles. The third-order valence-corrected chi connectivity index (χ3v) is 2.63. The van der Waals surface area contributed by atoms with E-state index < -0.39 is 29.0 Å². The van der Waals surface area contributed by atoms with Gasteiger partial charge in [-0.3, -0.25) is 4.79 Å². The molecule has 0 aliphatic heterocycles. The maximum Gasteiger partial charge on any atom is 0.246 e. The number of carbonyl (C=O) groups is 1. The van der Waals surface area contributed by atoms with Gasteiger partial charge < -0.3 is 16.4 Å². The van der Waals surface area contributed by atoms with Gasteiger partial charge in [0.15, 0.2) is 23.4 Å². The fourth-order valence-electron chi connectivity index (χ4n) is 1.45. The topological polar surface area (TPSA) is 79.5 Å². The van der Waals surface area contributed by atoms with E-state index in [1.54, 1.807) is 0 Å². The highest BCUT2D eigenvalue weighted by molar-refractivity contribution is 5.94. The van der Waals surface area contributed by atoms with Crippen LogP contribution < -0.4 is 16.4 Å². The first-order valence-electron chi connectivity index (χ1n) is 5.97. The van der Waals surface area contributed by atoms with Crippen molar-refractivity contribution >= 4 is 17.6 Å². The number of aliphatic imine (C=N–C) groups is 1. The zero-order valence-electron chi connectivity index (χ0n) is 10.4. The van der Waals surface area contributed by atoms with Crippen molar-refractivity contribution in [3.8, 4) is 0 Å². The van der Waals surface area contributed by atoms with Gasteiger partial charge in [-0.25, -0.2) is 18.2 Å². The molecule has 0 bridgehead atoms. The maximum atomic E-state index is 13.3. The molecular formula is C12H13F3N4O. The van der Waals surface area contributed by atoms with Crippen LogP contribution >= 0.6 is 0 Å². The monoisotopic (exact) mass is 286 g/mol. The Kier molecular flexibility index (Phi) is 4.11. The van der Waals surface area contributed by atoms with Crippen LogP contribution in [0.4, 0.5) is 18.9 Å². The number of rotatable bonds is 4. The molecule has 0 radical (unpaired) electrons. The molecule has 5 nitrogen and oxygen atoms in total. The van der Waals surface area contributed by atoms with E-state index in [1.165, 1.54) is 0 Å². The van der Waals surface area contributed by atoms with E-state index in [0.717, 1.165) is 25.0 Å². The highest BCUT2D eigenvalue weighted by atomic mass is 19.2. The minimum Gasteiger partial charge on any atom is -0.370 e. The van der Waals surface area contributed by atoms with Crippen molar-refractivity contribution in [3.63, 3.8) is 0 Å². The molecule has 0 spiro atoms. The number of hydrogen-bond donors (Lipinski definition) is 3. The summed E-state index contributed by atoms with van der Waals surface area (Å²) in [4.78, 5) is 15.2. The average Bonchev–Trinajstić information content (AvgIpc) is 3.21. The van der Waals surface area contributed by atoms with Gasteiger partial charge >= 0.3 is 0 Å². The van der Waals surface area contributed by atoms with Gasteiger partial charge in [-0.15, -0.1) is 0 Å². The Morgan fingerprint density at radius 2 is 2.00 bits per heavy atom. The van der Waals surface area contributed by atoms with E-state index in [4.69, 9.17) is 5.73 Å². The van der Waals surface area contributed by atoms with Crippen LogP contribution in [0.3, 0.4) is 0 Å². The van der Waals surface area contributed by atoms with Crippen LogP contribution in [0.1, 0.15) is 12.8 Å². The molecule has 0 heterocycles. The predicted octanol–water partition coefficient (Wildman–Crippen LogP) is 1.11. The van der Waals surface area contributed by atoms with Crippen molar-refractivity contribution in [1.29, 1.82) is 0 Å². The van der Waals surface area contributed by atoms with Crippen molar-refractivity contribution in [2.24, 2.45) is 10.7 Å². The van der Waals surface area contributed by atoms with Crippen molar-refractivity contribution in [3.05, 3.63) is 29.6 Å². The molecule has 1 aromatic carbocycles. The summed E-state index contributed by atoms with van der Waals surface area (Å²) in [5.41, 5.74) is 5.06. The standard InChI is InChI=1S/C12H13F3N4O/c13-7-3-4-8(11(15)10(7)14)19-9(20)5-17-12(16)18-6-1-2-6/h3-4,6H,1-2,5H2,(H,19,20)(H3,16,17,18). The molecule has 0 unspecified atom stereocenters. The summed E-state index contributed by atoms with van der Waals surface area (Å²) in [5, 5.41) is 4.96. The number of benzene rings is 1. The second-order valence-corrected chi connectivity index (χ2v) is 4.39. The number of carbonyl (C=O) groups excluding carboxylic acids is 1. The number of guanidine groups is 1. The summed E-state index contributed by atoms with van der Waals surface area (Å²) in [6.07, 6.45) is 2.00. The van der Waals surface area contributed by atoms with Crippen molar-refractivity contribution in [1.82, 2.24) is 5.32 Å². The number of halogens is 3. The first-order chi connectivity index (χ1) is 9.47. The normalized spacial score (nSPS) is 15.1. The van der Waals surface area contributed by atoms with Crippen LogP contribution in [0.25, 0.3) is 0 Å². The largest absolute Gasteiger partial charge is 0.370 e. The van der Waals surface area contributed by atoms with Crippen LogP contribution in [0.15, 0.2) is 17.1 Å². The summed E-state index contributed by atoms with van der Waals surface area (Å²) in [6.45, 7) is -0.343. The molecule has 0 saturated heterocycles. The van der Waals surface area contributed by atoms with Crippen LogP contribution in [0, 0.1) is 17.5 Å². The van der Waals surface area contributed by atoms with E-state index in [2.05, 4.69) is 15.6 Å². The molecule has 1 aromatic rings. The summed E-state index contributed by atoms with van der Waals surface area (Å²) >= 11 is 0. The van der Waals surface area contributed by atoms with Gasteiger partial charge in [-0.1, -0.05) is 0 Å². The van der Waals surface area contributed by atoms with Crippen molar-refractivity contribution < 1.29 is 18.0 Å². The fourth-order valence-corrected chi connectivity index (χ4v) is 1.45. The van der Waals surface area contributed by atoms with Crippen molar-refractivity contribution in [2.45, 2.75) is 18.9 Å². The molecule has 4 N–H and O–H groups in total. The quantitative estimate of drug-likeness (QED) is 0.441. The van der Waals surface area contributed by atoms with Gasteiger partial charge in [-0.2, -0.15) is 0 Å². The summed E-state index contributed by atoms with van der Waals surface area (Å²) in [6, 6.07) is 1.95. The highest BCUT2D eigenvalue weighted by Crippen LogP contribution is 2.19. The minimum absolute atomic E-state index is 0.119. The Bertz CT molecular complexity index is 558. The van der Waals surface area contributed by atoms with E-state index in [9.17, 15) is 18.0 Å². The van der Waals surface area contributed by atoms with E-state index in [0.29, 0.717) is 6.04 Å². The molecule has 0 atom stereocenters. The molecule has 8 heteroatoms. The molecule has 20 heavy (non-hydrogen) atoms. The van der Waals surface area contributed by atoms with E-state index in [1.807, 2.05) is 0 Å². The lowest BCUT2D eigenvalue weighted by Crippen LogP contribution is -2.34. The lowest BCUT2D eigenvalue weighted by molar-refractivity contribution is -0.114. The Morgan fingerprint density at radius 3 is 2.65 bits per heavy atom. The predicted molar refractivity (Wildman–Crippen MR) is 67.6 cm³/mol. The lowest BCUT2D eigenvalue weighted by atomic mass is 10.3. The zero-order chi connectivity index (χ0) is 14.7. The number of nitrogens with two attached hydrogens (primary N) is 1. The van der Waals surface area contributed by atoms with Gasteiger partial charge in [-0.05, 0) is 25.0 Å². The molecule has 1 saturated carbocycles. The summed E-state index contributed by atoms with van der Waals surface area (Å²) in [7, 11) is 0. The number of nitrogens with one attached hydrogen (secondary N) is 2. The Hall–Kier alpha value is -2.25. The number of amides is 1. The second-order valence-electron chi connectivity index (χ2n) is 4.39. The number of hydrogen-bond acceptors (Lipinski definition) is 2. The second kappa shape index (κ2) is 5.81. The molecule has 1 amide bonds. The average molecular weight is 286 g/mol. The Balaban J connectivity index is 1.92. The van der Waals surface area contributed by atoms with E-state index >= 15 is 0 Å². The van der Waals surface area contributed by atoms with Crippen molar-refractivity contribution in [2.75, 3.05) is 11.9 Å². The van der Waals surface area contributed by atoms with E-state index in [-0.39, 0.29) is 12.5 Å². The first kappa shape index (κ1) is 14.2.